The van der Waals surface area contributed by atoms with Crippen LogP contribution in [0.15, 0.2) is 43.0 Å². The van der Waals surface area contributed by atoms with Gasteiger partial charge in [0.2, 0.25) is 0 Å². The Bertz CT molecular complexity index is 685. The first-order valence-electron chi connectivity index (χ1n) is 6.62. The van der Waals surface area contributed by atoms with Crippen LogP contribution in [-0.4, -0.2) is 17.4 Å². The average Bonchev–Trinajstić information content (AvgIpc) is 2.63. The number of carbonyl (C=O) groups is 1. The second kappa shape index (κ2) is 4.23. The van der Waals surface area contributed by atoms with Crippen molar-refractivity contribution in [3.05, 3.63) is 54.1 Å². The quantitative estimate of drug-likeness (QED) is 0.792. The Kier molecular flexibility index (Phi) is 2.67. The van der Waals surface area contributed by atoms with Crippen molar-refractivity contribution in [3.8, 4) is 0 Å². The molecule has 2 heteroatoms. The first-order chi connectivity index (χ1) is 9.09. The predicted octanol–water partition coefficient (Wildman–Crippen LogP) is 3.92. The summed E-state index contributed by atoms with van der Waals surface area (Å²) < 4.78 is 0. The number of fused-ring (bicyclic) bond motifs is 3. The minimum atomic E-state index is 0.0884. The molecule has 0 fully saturated rings. The van der Waals surface area contributed by atoms with Gasteiger partial charge in [0.25, 0.3) is 5.91 Å². The summed E-state index contributed by atoms with van der Waals surface area (Å²) in [6.07, 6.45) is 0. The molecule has 96 valence electrons. The summed E-state index contributed by atoms with van der Waals surface area (Å²) in [5, 5.41) is 2.13. The minimum Gasteiger partial charge on any atom is -0.308 e. The van der Waals surface area contributed by atoms with Crippen molar-refractivity contribution >= 4 is 22.4 Å². The SMILES string of the molecule is C=C1c2ccc3ccccc3c2C(=O)N1CC(C)C. The molecule has 0 aromatic heterocycles. The van der Waals surface area contributed by atoms with Crippen molar-refractivity contribution in [1.29, 1.82) is 0 Å². The van der Waals surface area contributed by atoms with Crippen LogP contribution >= 0.6 is 0 Å². The molecule has 0 saturated carbocycles. The first kappa shape index (κ1) is 12.0. The van der Waals surface area contributed by atoms with Crippen LogP contribution in [0.4, 0.5) is 0 Å². The van der Waals surface area contributed by atoms with Crippen LogP contribution in [0, 0.1) is 5.92 Å². The van der Waals surface area contributed by atoms with Gasteiger partial charge in [0, 0.05) is 17.8 Å². The molecule has 1 aliphatic heterocycles. The van der Waals surface area contributed by atoms with Crippen LogP contribution < -0.4 is 0 Å². The Hall–Kier alpha value is -2.09. The van der Waals surface area contributed by atoms with Crippen molar-refractivity contribution in [3.63, 3.8) is 0 Å². The molecule has 0 saturated heterocycles. The van der Waals surface area contributed by atoms with Gasteiger partial charge in [0.15, 0.2) is 0 Å². The highest BCUT2D eigenvalue weighted by molar-refractivity contribution is 6.17. The fourth-order valence-electron chi connectivity index (χ4n) is 2.70. The summed E-state index contributed by atoms with van der Waals surface area (Å²) in [5.41, 5.74) is 2.62. The van der Waals surface area contributed by atoms with E-state index in [4.69, 9.17) is 0 Å². The third-order valence-electron chi connectivity index (χ3n) is 3.57. The number of nitrogens with zero attached hydrogens (tertiary/aromatic N) is 1. The maximum absolute atomic E-state index is 12.6. The summed E-state index contributed by atoms with van der Waals surface area (Å²) in [6, 6.07) is 12.1. The Morgan fingerprint density at radius 2 is 1.89 bits per heavy atom. The highest BCUT2D eigenvalue weighted by Crippen LogP contribution is 2.36. The molecule has 0 spiro atoms. The van der Waals surface area contributed by atoms with Gasteiger partial charge in [-0.25, -0.2) is 0 Å². The zero-order valence-corrected chi connectivity index (χ0v) is 11.3. The molecule has 0 N–H and O–H groups in total. The van der Waals surface area contributed by atoms with Gasteiger partial charge < -0.3 is 4.90 Å². The molecule has 0 aliphatic carbocycles. The van der Waals surface area contributed by atoms with E-state index in [0.717, 1.165) is 34.1 Å². The lowest BCUT2D eigenvalue weighted by atomic mass is 10.00. The van der Waals surface area contributed by atoms with Crippen molar-refractivity contribution in [2.75, 3.05) is 6.54 Å². The van der Waals surface area contributed by atoms with E-state index in [0.29, 0.717) is 5.92 Å². The topological polar surface area (TPSA) is 20.3 Å². The fourth-order valence-corrected chi connectivity index (χ4v) is 2.70. The lowest BCUT2D eigenvalue weighted by Gasteiger charge is -2.19. The zero-order chi connectivity index (χ0) is 13.6. The second-order valence-electron chi connectivity index (χ2n) is 5.47. The predicted molar refractivity (Wildman–Crippen MR) is 78.9 cm³/mol. The molecule has 2 aromatic carbocycles. The van der Waals surface area contributed by atoms with Crippen molar-refractivity contribution in [1.82, 2.24) is 4.90 Å². The molecule has 0 radical (unpaired) electrons. The summed E-state index contributed by atoms with van der Waals surface area (Å²) in [6.45, 7) is 9.04. The van der Waals surface area contributed by atoms with Gasteiger partial charge in [-0.15, -0.1) is 0 Å². The molecule has 1 amide bonds. The van der Waals surface area contributed by atoms with Crippen LogP contribution in [0.1, 0.15) is 29.8 Å². The fraction of sp³-hybridized carbons (Fsp3) is 0.235. The van der Waals surface area contributed by atoms with Crippen LogP contribution in [0.3, 0.4) is 0 Å². The molecule has 0 unspecified atom stereocenters. The zero-order valence-electron chi connectivity index (χ0n) is 11.3. The number of benzene rings is 2. The largest absolute Gasteiger partial charge is 0.308 e. The molecular formula is C17H17NO. The second-order valence-corrected chi connectivity index (χ2v) is 5.47. The molecule has 1 aliphatic rings. The van der Waals surface area contributed by atoms with E-state index < -0.39 is 0 Å². The Balaban J connectivity index is 2.19. The van der Waals surface area contributed by atoms with Crippen LogP contribution in [0.25, 0.3) is 16.5 Å². The van der Waals surface area contributed by atoms with Crippen molar-refractivity contribution in [2.24, 2.45) is 5.92 Å². The van der Waals surface area contributed by atoms with Crippen molar-refractivity contribution < 1.29 is 4.79 Å². The number of carbonyl (C=O) groups excluding carboxylic acids is 1. The monoisotopic (exact) mass is 251 g/mol. The third-order valence-corrected chi connectivity index (χ3v) is 3.57. The van der Waals surface area contributed by atoms with Gasteiger partial charge in [-0.3, -0.25) is 4.79 Å². The van der Waals surface area contributed by atoms with E-state index in [-0.39, 0.29) is 5.91 Å². The first-order valence-corrected chi connectivity index (χ1v) is 6.62. The maximum Gasteiger partial charge on any atom is 0.259 e. The van der Waals surface area contributed by atoms with Crippen LogP contribution in [0.5, 0.6) is 0 Å². The smallest absolute Gasteiger partial charge is 0.259 e. The Morgan fingerprint density at radius 1 is 1.16 bits per heavy atom. The molecule has 19 heavy (non-hydrogen) atoms. The average molecular weight is 251 g/mol. The minimum absolute atomic E-state index is 0.0884. The van der Waals surface area contributed by atoms with E-state index in [2.05, 4.69) is 26.5 Å². The number of rotatable bonds is 2. The standard InChI is InChI=1S/C17H17NO/c1-11(2)10-18-12(3)14-9-8-13-6-4-5-7-15(13)16(14)17(18)19/h4-9,11H,3,10H2,1-2H3. The van der Waals surface area contributed by atoms with Gasteiger partial charge in [-0.1, -0.05) is 56.8 Å². The number of amides is 1. The maximum atomic E-state index is 12.6. The van der Waals surface area contributed by atoms with Gasteiger partial charge in [0.05, 0.1) is 5.56 Å². The summed E-state index contributed by atoms with van der Waals surface area (Å²) in [4.78, 5) is 14.4. The molecular weight excluding hydrogens is 234 g/mol. The number of hydrogen-bond donors (Lipinski definition) is 0. The van der Waals surface area contributed by atoms with Gasteiger partial charge in [-0.05, 0) is 16.7 Å². The van der Waals surface area contributed by atoms with Crippen molar-refractivity contribution in [2.45, 2.75) is 13.8 Å². The summed E-state index contributed by atoms with van der Waals surface area (Å²) in [7, 11) is 0. The molecule has 1 heterocycles. The molecule has 2 nitrogen and oxygen atoms in total. The lowest BCUT2D eigenvalue weighted by Crippen LogP contribution is -2.27. The summed E-state index contributed by atoms with van der Waals surface area (Å²) >= 11 is 0. The van der Waals surface area contributed by atoms with E-state index in [1.165, 1.54) is 0 Å². The third kappa shape index (κ3) is 1.75. The number of hydrogen-bond acceptors (Lipinski definition) is 1. The van der Waals surface area contributed by atoms with Gasteiger partial charge >= 0.3 is 0 Å². The van der Waals surface area contributed by atoms with E-state index in [9.17, 15) is 4.79 Å². The molecule has 3 rings (SSSR count). The van der Waals surface area contributed by atoms with E-state index in [1.54, 1.807) is 0 Å². The molecule has 0 bridgehead atoms. The highest BCUT2D eigenvalue weighted by Gasteiger charge is 2.32. The van der Waals surface area contributed by atoms with Crippen LogP contribution in [-0.2, 0) is 0 Å². The molecule has 2 aromatic rings. The van der Waals surface area contributed by atoms with E-state index >= 15 is 0 Å². The Morgan fingerprint density at radius 3 is 2.63 bits per heavy atom. The Labute approximate surface area is 113 Å². The van der Waals surface area contributed by atoms with Crippen LogP contribution in [0.2, 0.25) is 0 Å². The lowest BCUT2D eigenvalue weighted by molar-refractivity contribution is 0.0840. The highest BCUT2D eigenvalue weighted by atomic mass is 16.2. The molecule has 0 atom stereocenters. The summed E-state index contributed by atoms with van der Waals surface area (Å²) in [5.74, 6) is 0.520. The van der Waals surface area contributed by atoms with Gasteiger partial charge in [-0.2, -0.15) is 0 Å². The van der Waals surface area contributed by atoms with E-state index in [1.807, 2.05) is 35.2 Å². The van der Waals surface area contributed by atoms with Gasteiger partial charge in [0.1, 0.15) is 0 Å². The normalized spacial score (nSPS) is 14.6.